The Morgan fingerprint density at radius 2 is 1.75 bits per heavy atom. The molecule has 1 heterocycles. The molecule has 0 unspecified atom stereocenters. The van der Waals surface area contributed by atoms with Crippen molar-refractivity contribution >= 4 is 17.5 Å². The summed E-state index contributed by atoms with van der Waals surface area (Å²) >= 11 is 0. The largest absolute Gasteiger partial charge is 0.494 e. The van der Waals surface area contributed by atoms with Gasteiger partial charge in [-0.25, -0.2) is 4.98 Å². The van der Waals surface area contributed by atoms with Gasteiger partial charge < -0.3 is 15.4 Å². The number of benzene rings is 2. The van der Waals surface area contributed by atoms with Crippen LogP contribution in [-0.2, 0) is 6.54 Å². The van der Waals surface area contributed by atoms with E-state index in [1.807, 2.05) is 55.5 Å². The molecule has 0 amide bonds. The van der Waals surface area contributed by atoms with Crippen LogP contribution < -0.4 is 15.4 Å². The Labute approximate surface area is 141 Å². The number of hydrogen-bond donors (Lipinski definition) is 2. The highest BCUT2D eigenvalue weighted by molar-refractivity contribution is 5.57. The van der Waals surface area contributed by atoms with E-state index in [0.717, 1.165) is 17.3 Å². The van der Waals surface area contributed by atoms with E-state index in [0.29, 0.717) is 19.1 Å². The highest BCUT2D eigenvalue weighted by atomic mass is 16.5. The number of ether oxygens (including phenoxy) is 1. The molecule has 1 aromatic heterocycles. The lowest BCUT2D eigenvalue weighted by Gasteiger charge is -2.09. The zero-order valence-corrected chi connectivity index (χ0v) is 13.6. The second-order valence-corrected chi connectivity index (χ2v) is 5.19. The lowest BCUT2D eigenvalue weighted by atomic mass is 10.2. The van der Waals surface area contributed by atoms with E-state index >= 15 is 0 Å². The SMILES string of the molecule is CCOc1ccc(Nc2ccnc(NCc3ccccc3)n2)cc1. The van der Waals surface area contributed by atoms with E-state index in [-0.39, 0.29) is 0 Å². The van der Waals surface area contributed by atoms with Gasteiger partial charge in [0.1, 0.15) is 11.6 Å². The molecule has 0 saturated heterocycles. The van der Waals surface area contributed by atoms with Crippen LogP contribution in [0, 0.1) is 0 Å². The van der Waals surface area contributed by atoms with Crippen molar-refractivity contribution in [3.63, 3.8) is 0 Å². The summed E-state index contributed by atoms with van der Waals surface area (Å²) in [7, 11) is 0. The minimum Gasteiger partial charge on any atom is -0.494 e. The Kier molecular flexibility index (Phi) is 5.24. The summed E-state index contributed by atoms with van der Waals surface area (Å²) in [5.74, 6) is 2.19. The molecule has 0 radical (unpaired) electrons. The zero-order chi connectivity index (χ0) is 16.6. The fraction of sp³-hybridized carbons (Fsp3) is 0.158. The molecule has 0 saturated carbocycles. The first-order valence-corrected chi connectivity index (χ1v) is 7.94. The predicted octanol–water partition coefficient (Wildman–Crippen LogP) is 4.23. The Bertz CT molecular complexity index is 760. The van der Waals surface area contributed by atoms with Gasteiger partial charge in [-0.1, -0.05) is 30.3 Å². The molecule has 0 atom stereocenters. The number of rotatable bonds is 7. The molecule has 3 aromatic rings. The highest BCUT2D eigenvalue weighted by Crippen LogP contribution is 2.19. The number of nitrogens with one attached hydrogen (secondary N) is 2. The molecule has 5 nitrogen and oxygen atoms in total. The van der Waals surface area contributed by atoms with Crippen LogP contribution in [0.2, 0.25) is 0 Å². The summed E-state index contributed by atoms with van der Waals surface area (Å²) in [5, 5.41) is 6.50. The highest BCUT2D eigenvalue weighted by Gasteiger charge is 2.01. The quantitative estimate of drug-likeness (QED) is 0.682. The van der Waals surface area contributed by atoms with Crippen molar-refractivity contribution < 1.29 is 4.74 Å². The molecule has 0 aliphatic heterocycles. The van der Waals surface area contributed by atoms with Crippen LogP contribution in [-0.4, -0.2) is 16.6 Å². The Morgan fingerprint density at radius 1 is 0.958 bits per heavy atom. The predicted molar refractivity (Wildman–Crippen MR) is 96.7 cm³/mol. The maximum atomic E-state index is 5.44. The minimum atomic E-state index is 0.592. The van der Waals surface area contributed by atoms with Crippen LogP contribution >= 0.6 is 0 Å². The lowest BCUT2D eigenvalue weighted by Crippen LogP contribution is -2.04. The summed E-state index contributed by atoms with van der Waals surface area (Å²) in [6.45, 7) is 3.32. The lowest BCUT2D eigenvalue weighted by molar-refractivity contribution is 0.340. The van der Waals surface area contributed by atoms with E-state index < -0.39 is 0 Å². The summed E-state index contributed by atoms with van der Waals surface area (Å²) in [6, 6.07) is 19.8. The van der Waals surface area contributed by atoms with Crippen molar-refractivity contribution in [3.8, 4) is 5.75 Å². The Morgan fingerprint density at radius 3 is 2.50 bits per heavy atom. The third-order valence-electron chi connectivity index (χ3n) is 3.39. The van der Waals surface area contributed by atoms with Gasteiger partial charge in [-0.05, 0) is 42.8 Å². The number of aromatic nitrogens is 2. The third kappa shape index (κ3) is 4.46. The monoisotopic (exact) mass is 320 g/mol. The van der Waals surface area contributed by atoms with Gasteiger partial charge >= 0.3 is 0 Å². The van der Waals surface area contributed by atoms with Gasteiger partial charge in [0, 0.05) is 18.4 Å². The molecule has 0 spiro atoms. The van der Waals surface area contributed by atoms with Gasteiger partial charge in [-0.15, -0.1) is 0 Å². The Balaban J connectivity index is 1.62. The van der Waals surface area contributed by atoms with Crippen LogP contribution in [0.3, 0.4) is 0 Å². The number of anilines is 3. The zero-order valence-electron chi connectivity index (χ0n) is 13.6. The average Bonchev–Trinajstić information content (AvgIpc) is 2.63. The van der Waals surface area contributed by atoms with Gasteiger partial charge in [0.25, 0.3) is 0 Å². The molecule has 0 aliphatic carbocycles. The van der Waals surface area contributed by atoms with Gasteiger partial charge in [0.2, 0.25) is 5.95 Å². The second kappa shape index (κ2) is 7.97. The molecule has 122 valence electrons. The first-order chi connectivity index (χ1) is 11.8. The summed E-state index contributed by atoms with van der Waals surface area (Å²) in [5.41, 5.74) is 2.14. The van der Waals surface area contributed by atoms with Crippen molar-refractivity contribution in [2.45, 2.75) is 13.5 Å². The molecular weight excluding hydrogens is 300 g/mol. The topological polar surface area (TPSA) is 59.1 Å². The van der Waals surface area contributed by atoms with Gasteiger partial charge in [-0.2, -0.15) is 4.98 Å². The summed E-state index contributed by atoms with van der Waals surface area (Å²) < 4.78 is 5.44. The third-order valence-corrected chi connectivity index (χ3v) is 3.39. The van der Waals surface area contributed by atoms with Gasteiger partial charge in [0.15, 0.2) is 0 Å². The maximum absolute atomic E-state index is 5.44. The second-order valence-electron chi connectivity index (χ2n) is 5.19. The summed E-state index contributed by atoms with van der Waals surface area (Å²) in [4.78, 5) is 8.73. The van der Waals surface area contributed by atoms with Crippen molar-refractivity contribution in [3.05, 3.63) is 72.4 Å². The van der Waals surface area contributed by atoms with Crippen LogP contribution in [0.4, 0.5) is 17.5 Å². The van der Waals surface area contributed by atoms with Crippen molar-refractivity contribution in [2.75, 3.05) is 17.2 Å². The van der Waals surface area contributed by atoms with E-state index in [1.165, 1.54) is 5.56 Å². The van der Waals surface area contributed by atoms with Gasteiger partial charge in [0.05, 0.1) is 6.61 Å². The molecular formula is C19H20N4O. The van der Waals surface area contributed by atoms with E-state index in [4.69, 9.17) is 4.74 Å². The smallest absolute Gasteiger partial charge is 0.224 e. The fourth-order valence-corrected chi connectivity index (χ4v) is 2.24. The first kappa shape index (κ1) is 15.8. The van der Waals surface area contributed by atoms with Crippen LogP contribution in [0.25, 0.3) is 0 Å². The standard InChI is InChI=1S/C19H20N4O/c1-2-24-17-10-8-16(9-11-17)22-18-12-13-20-19(23-18)21-14-15-6-4-3-5-7-15/h3-13H,2,14H2,1H3,(H2,20,21,22,23). The number of hydrogen-bond acceptors (Lipinski definition) is 5. The molecule has 0 aliphatic rings. The van der Waals surface area contributed by atoms with Crippen LogP contribution in [0.1, 0.15) is 12.5 Å². The maximum Gasteiger partial charge on any atom is 0.224 e. The Hall–Kier alpha value is -3.08. The molecule has 24 heavy (non-hydrogen) atoms. The van der Waals surface area contributed by atoms with Crippen molar-refractivity contribution in [2.24, 2.45) is 0 Å². The van der Waals surface area contributed by atoms with E-state index in [1.54, 1.807) is 6.20 Å². The van der Waals surface area contributed by atoms with E-state index in [9.17, 15) is 0 Å². The average molecular weight is 320 g/mol. The van der Waals surface area contributed by atoms with Crippen molar-refractivity contribution in [1.82, 2.24) is 9.97 Å². The number of nitrogens with zero attached hydrogens (tertiary/aromatic N) is 2. The minimum absolute atomic E-state index is 0.592. The molecule has 3 rings (SSSR count). The molecule has 2 aromatic carbocycles. The molecule has 0 bridgehead atoms. The fourth-order valence-electron chi connectivity index (χ4n) is 2.24. The molecule has 2 N–H and O–H groups in total. The normalized spacial score (nSPS) is 10.2. The molecule has 0 fully saturated rings. The summed E-state index contributed by atoms with van der Waals surface area (Å²) in [6.07, 6.45) is 1.73. The first-order valence-electron chi connectivity index (χ1n) is 7.94. The van der Waals surface area contributed by atoms with Gasteiger partial charge in [-0.3, -0.25) is 0 Å². The van der Waals surface area contributed by atoms with E-state index in [2.05, 4.69) is 32.7 Å². The molecule has 5 heteroatoms. The van der Waals surface area contributed by atoms with Crippen LogP contribution in [0.5, 0.6) is 5.75 Å². The van der Waals surface area contributed by atoms with Crippen molar-refractivity contribution in [1.29, 1.82) is 0 Å². The van der Waals surface area contributed by atoms with Crippen LogP contribution in [0.15, 0.2) is 66.9 Å².